The molecule has 2 N–H and O–H groups in total. The number of hydrogen-bond donors (Lipinski definition) is 2. The van der Waals surface area contributed by atoms with E-state index in [9.17, 15) is 9.59 Å². The van der Waals surface area contributed by atoms with E-state index < -0.39 is 18.6 Å². The van der Waals surface area contributed by atoms with Gasteiger partial charge in [-0.2, -0.15) is 0 Å². The van der Waals surface area contributed by atoms with Crippen molar-refractivity contribution in [1.29, 1.82) is 0 Å². The smallest absolute Gasteiger partial charge is 0.330 e. The van der Waals surface area contributed by atoms with Crippen LogP contribution in [0.4, 0.5) is 0 Å². The largest absolute Gasteiger partial charge is 0.467 e. The third-order valence-electron chi connectivity index (χ3n) is 2.04. The predicted octanol–water partition coefficient (Wildman–Crippen LogP) is 0.320. The summed E-state index contributed by atoms with van der Waals surface area (Å²) < 4.78 is 4.44. The highest BCUT2D eigenvalue weighted by molar-refractivity contribution is 7.12. The molecule has 1 amide bonds. The van der Waals surface area contributed by atoms with Crippen LogP contribution in [0.3, 0.4) is 0 Å². The fourth-order valence-corrected chi connectivity index (χ4v) is 1.98. The molecule has 1 heterocycles. The maximum atomic E-state index is 11.7. The van der Waals surface area contributed by atoms with Gasteiger partial charge in [-0.15, -0.1) is 11.3 Å². The summed E-state index contributed by atoms with van der Waals surface area (Å²) >= 11 is 1.28. The summed E-state index contributed by atoms with van der Waals surface area (Å²) in [5, 5.41) is 13.1. The summed E-state index contributed by atoms with van der Waals surface area (Å²) in [6.07, 6.45) is 0. The van der Waals surface area contributed by atoms with Gasteiger partial charge in [0.25, 0.3) is 5.91 Å². The molecule has 0 saturated carbocycles. The molecular formula is C10H13NO4S. The molecule has 6 heteroatoms. The number of carbonyl (C=O) groups is 2. The van der Waals surface area contributed by atoms with Crippen molar-refractivity contribution >= 4 is 23.2 Å². The van der Waals surface area contributed by atoms with Gasteiger partial charge in [-0.3, -0.25) is 4.79 Å². The third kappa shape index (κ3) is 2.80. The summed E-state index contributed by atoms with van der Waals surface area (Å²) in [7, 11) is 1.20. The summed E-state index contributed by atoms with van der Waals surface area (Å²) in [6.45, 7) is 1.32. The van der Waals surface area contributed by atoms with Gasteiger partial charge in [-0.05, 0) is 23.9 Å². The van der Waals surface area contributed by atoms with Crippen LogP contribution in [0.5, 0.6) is 0 Å². The second-order valence-electron chi connectivity index (χ2n) is 3.16. The number of carbonyl (C=O) groups excluding carboxylic acids is 2. The van der Waals surface area contributed by atoms with Crippen molar-refractivity contribution in [3.63, 3.8) is 0 Å². The molecule has 0 radical (unpaired) electrons. The summed E-state index contributed by atoms with van der Waals surface area (Å²) in [4.78, 5) is 23.4. The first-order valence-corrected chi connectivity index (χ1v) is 5.51. The van der Waals surface area contributed by atoms with E-state index in [1.165, 1.54) is 18.4 Å². The number of esters is 1. The monoisotopic (exact) mass is 243 g/mol. The van der Waals surface area contributed by atoms with Crippen LogP contribution in [-0.2, 0) is 9.53 Å². The number of aliphatic hydroxyl groups is 1. The van der Waals surface area contributed by atoms with Crippen LogP contribution < -0.4 is 5.32 Å². The van der Waals surface area contributed by atoms with Crippen LogP contribution in [0, 0.1) is 6.92 Å². The highest BCUT2D eigenvalue weighted by Gasteiger charge is 2.22. The molecule has 0 aliphatic carbocycles. The van der Waals surface area contributed by atoms with Crippen molar-refractivity contribution in [2.45, 2.75) is 13.0 Å². The fourth-order valence-electron chi connectivity index (χ4n) is 1.15. The lowest BCUT2D eigenvalue weighted by Gasteiger charge is -2.13. The molecule has 5 nitrogen and oxygen atoms in total. The average molecular weight is 243 g/mol. The Kier molecular flexibility index (Phi) is 4.45. The summed E-state index contributed by atoms with van der Waals surface area (Å²) in [5.41, 5.74) is 0.837. The summed E-state index contributed by atoms with van der Waals surface area (Å²) in [5.74, 6) is -1.04. The molecular weight excluding hydrogens is 230 g/mol. The van der Waals surface area contributed by atoms with Crippen molar-refractivity contribution in [3.8, 4) is 0 Å². The molecule has 1 unspecified atom stereocenters. The van der Waals surface area contributed by atoms with Crippen LogP contribution in [0.15, 0.2) is 11.4 Å². The van der Waals surface area contributed by atoms with Crippen molar-refractivity contribution < 1.29 is 19.4 Å². The zero-order valence-electron chi connectivity index (χ0n) is 9.02. The van der Waals surface area contributed by atoms with Gasteiger partial charge < -0.3 is 15.2 Å². The molecule has 0 aromatic carbocycles. The Morgan fingerprint density at radius 2 is 2.31 bits per heavy atom. The number of methoxy groups -OCH3 is 1. The van der Waals surface area contributed by atoms with Gasteiger partial charge in [0, 0.05) is 0 Å². The lowest BCUT2D eigenvalue weighted by molar-refractivity contribution is -0.143. The van der Waals surface area contributed by atoms with Crippen LogP contribution >= 0.6 is 11.3 Å². The second-order valence-corrected chi connectivity index (χ2v) is 4.08. The fraction of sp³-hybridized carbons (Fsp3) is 0.400. The number of hydrogen-bond acceptors (Lipinski definition) is 5. The Morgan fingerprint density at radius 1 is 1.62 bits per heavy atom. The zero-order valence-corrected chi connectivity index (χ0v) is 9.84. The lowest BCUT2D eigenvalue weighted by Crippen LogP contribution is -2.43. The Bertz CT molecular complexity index is 388. The van der Waals surface area contributed by atoms with Gasteiger partial charge in [-0.1, -0.05) is 0 Å². The van der Waals surface area contributed by atoms with Crippen LogP contribution in [0.1, 0.15) is 15.2 Å². The molecule has 0 aliphatic rings. The molecule has 0 fully saturated rings. The quantitative estimate of drug-likeness (QED) is 0.747. The van der Waals surface area contributed by atoms with E-state index in [0.29, 0.717) is 4.88 Å². The lowest BCUT2D eigenvalue weighted by atomic mass is 10.2. The van der Waals surface area contributed by atoms with Crippen LogP contribution in [0.25, 0.3) is 0 Å². The highest BCUT2D eigenvalue weighted by Crippen LogP contribution is 2.15. The van der Waals surface area contributed by atoms with Crippen LogP contribution in [0.2, 0.25) is 0 Å². The molecule has 0 spiro atoms. The first-order valence-electron chi connectivity index (χ1n) is 4.63. The third-order valence-corrected chi connectivity index (χ3v) is 3.06. The van der Waals surface area contributed by atoms with Gasteiger partial charge >= 0.3 is 5.97 Å². The van der Waals surface area contributed by atoms with Crippen molar-refractivity contribution in [1.82, 2.24) is 5.32 Å². The van der Waals surface area contributed by atoms with Gasteiger partial charge in [0.1, 0.15) is 0 Å². The minimum atomic E-state index is -1.01. The SMILES string of the molecule is COC(=O)C(CO)NC(=O)c1sccc1C. The molecule has 1 aromatic heterocycles. The Morgan fingerprint density at radius 3 is 2.75 bits per heavy atom. The Labute approximate surface area is 97.0 Å². The average Bonchev–Trinajstić information content (AvgIpc) is 2.71. The van der Waals surface area contributed by atoms with Crippen molar-refractivity contribution in [3.05, 3.63) is 21.9 Å². The number of amides is 1. The van der Waals surface area contributed by atoms with Gasteiger partial charge in [0.15, 0.2) is 6.04 Å². The van der Waals surface area contributed by atoms with E-state index in [1.807, 2.05) is 6.07 Å². The predicted molar refractivity (Wildman–Crippen MR) is 59.4 cm³/mol. The van der Waals surface area contributed by atoms with Crippen molar-refractivity contribution in [2.75, 3.05) is 13.7 Å². The number of thiophene rings is 1. The maximum Gasteiger partial charge on any atom is 0.330 e. The number of aliphatic hydroxyl groups excluding tert-OH is 1. The van der Waals surface area contributed by atoms with E-state index in [4.69, 9.17) is 5.11 Å². The standard InChI is InChI=1S/C10H13NO4S/c1-6-3-4-16-8(6)9(13)11-7(5-12)10(14)15-2/h3-4,7,12H,5H2,1-2H3,(H,11,13). The normalized spacial score (nSPS) is 11.9. The number of nitrogens with one attached hydrogen (secondary N) is 1. The van der Waals surface area contributed by atoms with E-state index in [1.54, 1.807) is 12.3 Å². The van der Waals surface area contributed by atoms with E-state index in [0.717, 1.165) is 5.56 Å². The molecule has 0 aliphatic heterocycles. The minimum Gasteiger partial charge on any atom is -0.467 e. The van der Waals surface area contributed by atoms with Crippen LogP contribution in [-0.4, -0.2) is 36.7 Å². The second kappa shape index (κ2) is 5.62. The van der Waals surface area contributed by atoms with E-state index in [-0.39, 0.29) is 5.91 Å². The van der Waals surface area contributed by atoms with Gasteiger partial charge in [-0.25, -0.2) is 4.79 Å². The Hall–Kier alpha value is -1.40. The molecule has 0 saturated heterocycles. The molecule has 1 aromatic rings. The zero-order chi connectivity index (χ0) is 12.1. The minimum absolute atomic E-state index is 0.378. The summed E-state index contributed by atoms with van der Waals surface area (Å²) in [6, 6.07) is 0.796. The molecule has 1 atom stereocenters. The number of ether oxygens (including phenoxy) is 1. The first kappa shape index (κ1) is 12.7. The van der Waals surface area contributed by atoms with E-state index >= 15 is 0 Å². The number of aryl methyl sites for hydroxylation is 1. The number of rotatable bonds is 4. The molecule has 0 bridgehead atoms. The van der Waals surface area contributed by atoms with E-state index in [2.05, 4.69) is 10.1 Å². The topological polar surface area (TPSA) is 75.6 Å². The molecule has 1 rings (SSSR count). The molecule has 88 valence electrons. The molecule has 16 heavy (non-hydrogen) atoms. The Balaban J connectivity index is 2.70. The van der Waals surface area contributed by atoms with Crippen molar-refractivity contribution in [2.24, 2.45) is 0 Å². The maximum absolute atomic E-state index is 11.7. The van der Waals surface area contributed by atoms with Gasteiger partial charge in [0.2, 0.25) is 0 Å². The highest BCUT2D eigenvalue weighted by atomic mass is 32.1. The van der Waals surface area contributed by atoms with Gasteiger partial charge in [0.05, 0.1) is 18.6 Å². The first-order chi connectivity index (χ1) is 7.60.